The molecule has 0 saturated heterocycles. The van der Waals surface area contributed by atoms with E-state index in [0.717, 1.165) is 22.6 Å². The highest BCUT2D eigenvalue weighted by molar-refractivity contribution is 6.31. The molecule has 0 saturated carbocycles. The van der Waals surface area contributed by atoms with E-state index in [1.54, 1.807) is 31.7 Å². The number of fused-ring (bicyclic) bond motifs is 5. The van der Waals surface area contributed by atoms with Crippen LogP contribution in [0.15, 0.2) is 49.1 Å². The largest absolute Gasteiger partial charge is 0.461 e. The monoisotopic (exact) mass is 420 g/mol. The lowest BCUT2D eigenvalue weighted by Crippen LogP contribution is -2.13. The van der Waals surface area contributed by atoms with Crippen LogP contribution in [-0.4, -0.2) is 41.9 Å². The number of carbonyl (C=O) groups is 1. The quantitative estimate of drug-likeness (QED) is 0.414. The van der Waals surface area contributed by atoms with Crippen molar-refractivity contribution in [3.05, 3.63) is 76.9 Å². The fourth-order valence-corrected chi connectivity index (χ4v) is 3.84. The average molecular weight is 421 g/mol. The number of imidazole rings is 1. The molecule has 0 radical (unpaired) electrons. The third-order valence-electron chi connectivity index (χ3n) is 5.04. The fraction of sp³-hybridized carbons (Fsp3) is 0.190. The summed E-state index contributed by atoms with van der Waals surface area (Å²) in [7, 11) is 0. The average Bonchev–Trinajstić information content (AvgIpc) is 3.31. The van der Waals surface area contributed by atoms with Gasteiger partial charge in [-0.05, 0) is 42.8 Å². The van der Waals surface area contributed by atoms with Gasteiger partial charge in [0, 0.05) is 29.4 Å². The molecule has 0 bridgehead atoms. The molecule has 9 heteroatoms. The first kappa shape index (κ1) is 18.5. The van der Waals surface area contributed by atoms with Gasteiger partial charge in [0.05, 0.1) is 24.5 Å². The Kier molecular flexibility index (Phi) is 4.55. The van der Waals surface area contributed by atoms with Crippen molar-refractivity contribution < 1.29 is 9.53 Å². The van der Waals surface area contributed by atoms with Crippen LogP contribution in [0.5, 0.6) is 0 Å². The summed E-state index contributed by atoms with van der Waals surface area (Å²) in [4.78, 5) is 20.9. The predicted octanol–water partition coefficient (Wildman–Crippen LogP) is 3.31. The van der Waals surface area contributed by atoms with E-state index in [4.69, 9.17) is 16.3 Å². The Morgan fingerprint density at radius 2 is 2.03 bits per heavy atom. The van der Waals surface area contributed by atoms with Crippen molar-refractivity contribution in [1.82, 2.24) is 29.3 Å². The van der Waals surface area contributed by atoms with Crippen LogP contribution in [-0.2, 0) is 17.7 Å². The Hall–Kier alpha value is -3.52. The number of nitrogens with zero attached hydrogens (tertiary/aromatic N) is 6. The Morgan fingerprint density at radius 3 is 2.83 bits per heavy atom. The third-order valence-corrected chi connectivity index (χ3v) is 5.28. The molecule has 4 aromatic rings. The first-order chi connectivity index (χ1) is 14.7. The predicted molar refractivity (Wildman–Crippen MR) is 110 cm³/mol. The minimum Gasteiger partial charge on any atom is -0.461 e. The molecule has 0 amide bonds. The maximum atomic E-state index is 12.5. The maximum absolute atomic E-state index is 12.5. The first-order valence-corrected chi connectivity index (χ1v) is 9.88. The highest BCUT2D eigenvalue weighted by Crippen LogP contribution is 2.34. The normalized spacial score (nSPS) is 11.9. The molecule has 1 aromatic carbocycles. The summed E-state index contributed by atoms with van der Waals surface area (Å²) in [6, 6.07) is 9.43. The van der Waals surface area contributed by atoms with Crippen molar-refractivity contribution in [2.24, 2.45) is 0 Å². The summed E-state index contributed by atoms with van der Waals surface area (Å²) in [6.07, 6.45) is 5.71. The lowest BCUT2D eigenvalue weighted by Gasteiger charge is -2.09. The van der Waals surface area contributed by atoms with Crippen LogP contribution in [0, 0.1) is 0 Å². The molecule has 5 rings (SSSR count). The van der Waals surface area contributed by atoms with Gasteiger partial charge < -0.3 is 9.30 Å². The van der Waals surface area contributed by atoms with E-state index in [0.29, 0.717) is 29.5 Å². The van der Waals surface area contributed by atoms with Gasteiger partial charge in [0.25, 0.3) is 0 Å². The van der Waals surface area contributed by atoms with Crippen LogP contribution in [0.3, 0.4) is 0 Å². The van der Waals surface area contributed by atoms with Gasteiger partial charge in [-0.3, -0.25) is 9.55 Å². The van der Waals surface area contributed by atoms with Crippen LogP contribution < -0.4 is 0 Å². The summed E-state index contributed by atoms with van der Waals surface area (Å²) in [5.74, 6) is 1.01. The number of aromatic nitrogens is 6. The minimum absolute atomic E-state index is 0.280. The minimum atomic E-state index is -0.450. The van der Waals surface area contributed by atoms with Crippen LogP contribution in [0.4, 0.5) is 0 Å². The second kappa shape index (κ2) is 7.38. The van der Waals surface area contributed by atoms with E-state index in [9.17, 15) is 4.79 Å². The number of pyridine rings is 1. The summed E-state index contributed by atoms with van der Waals surface area (Å²) < 4.78 is 9.10. The number of benzene rings is 1. The number of esters is 1. The Bertz CT molecular complexity index is 1250. The molecule has 8 nitrogen and oxygen atoms in total. The van der Waals surface area contributed by atoms with E-state index in [2.05, 4.69) is 20.2 Å². The zero-order valence-corrected chi connectivity index (χ0v) is 16.9. The number of hydrogen-bond donors (Lipinski definition) is 0. The van der Waals surface area contributed by atoms with Gasteiger partial charge in [0.15, 0.2) is 11.5 Å². The molecule has 30 heavy (non-hydrogen) atoms. The lowest BCUT2D eigenvalue weighted by molar-refractivity contribution is 0.0518. The molecular weight excluding hydrogens is 404 g/mol. The molecule has 0 N–H and O–H groups in total. The summed E-state index contributed by atoms with van der Waals surface area (Å²) >= 11 is 6.29. The van der Waals surface area contributed by atoms with E-state index in [-0.39, 0.29) is 12.3 Å². The van der Waals surface area contributed by atoms with Crippen molar-refractivity contribution in [2.45, 2.75) is 19.9 Å². The summed E-state index contributed by atoms with van der Waals surface area (Å²) in [5, 5.41) is 9.48. The van der Waals surface area contributed by atoms with Crippen molar-refractivity contribution in [2.75, 3.05) is 6.61 Å². The van der Waals surface area contributed by atoms with E-state index >= 15 is 0 Å². The molecule has 0 atom stereocenters. The second-order valence-corrected chi connectivity index (χ2v) is 7.29. The third kappa shape index (κ3) is 3.05. The summed E-state index contributed by atoms with van der Waals surface area (Å²) in [6.45, 7) is 2.43. The molecule has 0 unspecified atom stereocenters. The first-order valence-electron chi connectivity index (χ1n) is 9.50. The number of halogens is 1. The van der Waals surface area contributed by atoms with Crippen LogP contribution in [0.25, 0.3) is 17.1 Å². The molecule has 1 aliphatic heterocycles. The van der Waals surface area contributed by atoms with E-state index < -0.39 is 5.97 Å². The molecule has 0 spiro atoms. The standard InChI is InChI=1S/C21H17ClN6O2/c1-2-30-21(29)19-17-11-27-18(9-13-5-7-23-8-6-13)25-26-20(27)15-10-14(22)3-4-16(15)28(17)12-24-19/h3-8,10,12H,2,9,11H2,1H3. The Labute approximate surface area is 177 Å². The van der Waals surface area contributed by atoms with Crippen molar-refractivity contribution in [3.63, 3.8) is 0 Å². The zero-order chi connectivity index (χ0) is 20.7. The Balaban J connectivity index is 1.69. The van der Waals surface area contributed by atoms with Crippen molar-refractivity contribution in [1.29, 1.82) is 0 Å². The van der Waals surface area contributed by atoms with Crippen molar-refractivity contribution in [3.8, 4) is 17.1 Å². The number of ether oxygens (including phenoxy) is 1. The van der Waals surface area contributed by atoms with Gasteiger partial charge in [0.2, 0.25) is 0 Å². The van der Waals surface area contributed by atoms with Crippen LogP contribution >= 0.6 is 11.6 Å². The van der Waals surface area contributed by atoms with Gasteiger partial charge in [-0.25, -0.2) is 9.78 Å². The van der Waals surface area contributed by atoms with Gasteiger partial charge in [-0.15, -0.1) is 10.2 Å². The molecule has 0 fully saturated rings. The van der Waals surface area contributed by atoms with E-state index in [1.165, 1.54) is 0 Å². The topological polar surface area (TPSA) is 87.7 Å². The van der Waals surface area contributed by atoms with Gasteiger partial charge in [0.1, 0.15) is 12.2 Å². The zero-order valence-electron chi connectivity index (χ0n) is 16.1. The number of hydrogen-bond acceptors (Lipinski definition) is 6. The maximum Gasteiger partial charge on any atom is 0.358 e. The van der Waals surface area contributed by atoms with Crippen LogP contribution in [0.1, 0.15) is 34.5 Å². The molecular formula is C21H17ClN6O2. The molecule has 4 heterocycles. The van der Waals surface area contributed by atoms with E-state index in [1.807, 2.05) is 33.4 Å². The Morgan fingerprint density at radius 1 is 1.20 bits per heavy atom. The SMILES string of the molecule is CCOC(=O)c1ncn2c1Cn1c(Cc3ccncc3)nnc1-c1cc(Cl)ccc1-2. The molecule has 1 aliphatic rings. The highest BCUT2D eigenvalue weighted by atomic mass is 35.5. The fourth-order valence-electron chi connectivity index (χ4n) is 3.66. The summed E-state index contributed by atoms with van der Waals surface area (Å²) in [5.41, 5.74) is 3.72. The van der Waals surface area contributed by atoms with Crippen LogP contribution in [0.2, 0.25) is 5.02 Å². The number of rotatable bonds is 4. The van der Waals surface area contributed by atoms with Crippen molar-refractivity contribution >= 4 is 17.6 Å². The highest BCUT2D eigenvalue weighted by Gasteiger charge is 2.28. The molecule has 0 aliphatic carbocycles. The molecule has 150 valence electrons. The second-order valence-electron chi connectivity index (χ2n) is 6.85. The van der Waals surface area contributed by atoms with Gasteiger partial charge in [-0.2, -0.15) is 0 Å². The van der Waals surface area contributed by atoms with Gasteiger partial charge in [-0.1, -0.05) is 11.6 Å². The number of carbonyl (C=O) groups excluding carboxylic acids is 1. The lowest BCUT2D eigenvalue weighted by atomic mass is 10.1. The molecule has 3 aromatic heterocycles. The van der Waals surface area contributed by atoms with Gasteiger partial charge >= 0.3 is 5.97 Å². The smallest absolute Gasteiger partial charge is 0.358 e.